The summed E-state index contributed by atoms with van der Waals surface area (Å²) in [6, 6.07) is 11.2. The predicted octanol–water partition coefficient (Wildman–Crippen LogP) is 1.77. The third-order valence-electron chi connectivity index (χ3n) is 5.51. The lowest BCUT2D eigenvalue weighted by atomic mass is 9.98. The second-order valence-electron chi connectivity index (χ2n) is 7.12. The molecular weight excluding hydrogens is 352 g/mol. The Morgan fingerprint density at radius 2 is 1.92 bits per heavy atom. The molecule has 2 aliphatic rings. The van der Waals surface area contributed by atoms with Crippen molar-refractivity contribution in [2.45, 2.75) is 25.8 Å². The number of hydrogen-bond acceptors (Lipinski definition) is 4. The van der Waals surface area contributed by atoms with Crippen LogP contribution in [0, 0.1) is 18.8 Å². The van der Waals surface area contributed by atoms with Crippen molar-refractivity contribution in [2.75, 3.05) is 13.1 Å². The maximum absolute atomic E-state index is 12.9. The number of aromatic nitrogens is 2. The highest BCUT2D eigenvalue weighted by molar-refractivity contribution is 5.92. The largest absolute Gasteiger partial charge is 0.336 e. The number of amides is 1. The summed E-state index contributed by atoms with van der Waals surface area (Å²) in [6.45, 7) is 3.12. The lowest BCUT2D eigenvalue weighted by molar-refractivity contribution is 0.0770. The first-order chi connectivity index (χ1) is 12.0. The Balaban J connectivity index is 0.00000196. The number of aryl methyl sites for hydroxylation is 1. The molecule has 1 aliphatic carbocycles. The number of fused-ring (bicyclic) bond motifs is 1. The molecule has 6 nitrogen and oxygen atoms in total. The average molecular weight is 375 g/mol. The van der Waals surface area contributed by atoms with E-state index in [9.17, 15) is 9.59 Å². The number of benzene rings is 1. The van der Waals surface area contributed by atoms with Gasteiger partial charge < -0.3 is 10.6 Å². The second-order valence-corrected chi connectivity index (χ2v) is 7.12. The van der Waals surface area contributed by atoms with Crippen LogP contribution in [-0.4, -0.2) is 39.7 Å². The fraction of sp³-hybridized carbons (Fsp3) is 0.421. The normalized spacial score (nSPS) is 24.2. The molecule has 2 aromatic rings. The Bertz CT molecular complexity index is 868. The van der Waals surface area contributed by atoms with Crippen LogP contribution in [0.4, 0.5) is 0 Å². The van der Waals surface area contributed by atoms with Crippen molar-refractivity contribution in [2.24, 2.45) is 17.6 Å². The Morgan fingerprint density at radius 1 is 1.19 bits per heavy atom. The third kappa shape index (κ3) is 3.15. The summed E-state index contributed by atoms with van der Waals surface area (Å²) >= 11 is 0. The van der Waals surface area contributed by atoms with Gasteiger partial charge in [-0.3, -0.25) is 9.59 Å². The zero-order chi connectivity index (χ0) is 17.6. The van der Waals surface area contributed by atoms with Crippen molar-refractivity contribution in [1.82, 2.24) is 14.7 Å². The maximum atomic E-state index is 12.9. The molecule has 3 atom stereocenters. The molecule has 1 saturated heterocycles. The minimum Gasteiger partial charge on any atom is -0.336 e. The number of rotatable bonds is 2. The Kier molecular flexibility index (Phi) is 5.16. The highest BCUT2D eigenvalue weighted by atomic mass is 35.5. The first kappa shape index (κ1) is 18.6. The van der Waals surface area contributed by atoms with Crippen molar-refractivity contribution < 1.29 is 4.79 Å². The summed E-state index contributed by atoms with van der Waals surface area (Å²) in [6.07, 6.45) is 2.09. The van der Waals surface area contributed by atoms with E-state index in [0.29, 0.717) is 30.6 Å². The van der Waals surface area contributed by atoms with Crippen LogP contribution in [0.1, 0.15) is 29.0 Å². The molecule has 2 heterocycles. The topological polar surface area (TPSA) is 81.2 Å². The van der Waals surface area contributed by atoms with Gasteiger partial charge in [-0.2, -0.15) is 5.10 Å². The van der Waals surface area contributed by atoms with E-state index >= 15 is 0 Å². The highest BCUT2D eigenvalue weighted by Gasteiger charge is 2.43. The number of carbonyl (C=O) groups is 1. The summed E-state index contributed by atoms with van der Waals surface area (Å²) in [4.78, 5) is 27.0. The Morgan fingerprint density at radius 3 is 2.62 bits per heavy atom. The van der Waals surface area contributed by atoms with E-state index in [1.54, 1.807) is 9.58 Å². The van der Waals surface area contributed by atoms with Crippen LogP contribution < -0.4 is 11.2 Å². The molecule has 1 amide bonds. The summed E-state index contributed by atoms with van der Waals surface area (Å²) in [5.41, 5.74) is 7.35. The first-order valence-corrected chi connectivity index (χ1v) is 8.76. The molecule has 4 rings (SSSR count). The lowest BCUT2D eigenvalue weighted by Gasteiger charge is -2.19. The molecule has 2 fully saturated rings. The molecule has 138 valence electrons. The van der Waals surface area contributed by atoms with Crippen LogP contribution in [0.2, 0.25) is 0 Å². The van der Waals surface area contributed by atoms with Crippen LogP contribution in [0.15, 0.2) is 41.2 Å². The molecular formula is C19H23ClN4O2. The van der Waals surface area contributed by atoms with Gasteiger partial charge in [0.2, 0.25) is 5.43 Å². The van der Waals surface area contributed by atoms with Gasteiger partial charge in [0.15, 0.2) is 5.69 Å². The Labute approximate surface area is 158 Å². The van der Waals surface area contributed by atoms with Crippen LogP contribution in [-0.2, 0) is 0 Å². The smallest absolute Gasteiger partial charge is 0.278 e. The van der Waals surface area contributed by atoms with Crippen molar-refractivity contribution in [3.63, 3.8) is 0 Å². The monoisotopic (exact) mass is 374 g/mol. The zero-order valence-electron chi connectivity index (χ0n) is 14.7. The lowest BCUT2D eigenvalue weighted by Crippen LogP contribution is -2.37. The number of nitrogens with zero attached hydrogens (tertiary/aromatic N) is 3. The van der Waals surface area contributed by atoms with Gasteiger partial charge in [-0.05, 0) is 43.7 Å². The fourth-order valence-corrected chi connectivity index (χ4v) is 4.15. The molecule has 1 aromatic heterocycles. The average Bonchev–Trinajstić information content (AvgIpc) is 3.18. The molecule has 26 heavy (non-hydrogen) atoms. The molecule has 0 spiro atoms. The van der Waals surface area contributed by atoms with Crippen LogP contribution in [0.5, 0.6) is 0 Å². The van der Waals surface area contributed by atoms with Gasteiger partial charge in [0.25, 0.3) is 5.91 Å². The van der Waals surface area contributed by atoms with Crippen molar-refractivity contribution in [3.8, 4) is 5.69 Å². The van der Waals surface area contributed by atoms with E-state index in [1.807, 2.05) is 37.3 Å². The SMILES string of the molecule is Cc1cc(=O)c(C(=O)N2CC3CCC(N)C3C2)nn1-c1ccccc1.Cl. The van der Waals surface area contributed by atoms with E-state index in [4.69, 9.17) is 5.73 Å². The predicted molar refractivity (Wildman–Crippen MR) is 102 cm³/mol. The fourth-order valence-electron chi connectivity index (χ4n) is 4.15. The van der Waals surface area contributed by atoms with Gasteiger partial charge in [-0.25, -0.2) is 4.68 Å². The standard InChI is InChI=1S/C19H22N4O2.ClH/c1-12-9-17(24)18(21-23(12)14-5-3-2-4-6-14)19(25)22-10-13-7-8-16(20)15(13)11-22;/h2-6,9,13,15-16H,7-8,10-11,20H2,1H3;1H. The molecule has 0 bridgehead atoms. The molecule has 1 saturated carbocycles. The van der Waals surface area contributed by atoms with Crippen LogP contribution in [0.25, 0.3) is 5.69 Å². The van der Waals surface area contributed by atoms with Gasteiger partial charge in [0, 0.05) is 30.9 Å². The van der Waals surface area contributed by atoms with Crippen molar-refractivity contribution in [1.29, 1.82) is 0 Å². The van der Waals surface area contributed by atoms with E-state index in [2.05, 4.69) is 5.10 Å². The number of hydrogen-bond donors (Lipinski definition) is 1. The maximum Gasteiger partial charge on any atom is 0.278 e. The number of para-hydroxylation sites is 1. The van der Waals surface area contributed by atoms with E-state index in [1.165, 1.54) is 6.07 Å². The van der Waals surface area contributed by atoms with Gasteiger partial charge in [0.05, 0.1) is 5.69 Å². The second kappa shape index (κ2) is 7.21. The van der Waals surface area contributed by atoms with Crippen molar-refractivity contribution >= 4 is 18.3 Å². The molecule has 1 aliphatic heterocycles. The first-order valence-electron chi connectivity index (χ1n) is 8.76. The van der Waals surface area contributed by atoms with E-state index in [0.717, 1.165) is 18.5 Å². The highest BCUT2D eigenvalue weighted by Crippen LogP contribution is 2.37. The van der Waals surface area contributed by atoms with Gasteiger partial charge in [-0.1, -0.05) is 18.2 Å². The molecule has 7 heteroatoms. The number of likely N-dealkylation sites (tertiary alicyclic amines) is 1. The van der Waals surface area contributed by atoms with Crippen LogP contribution in [0.3, 0.4) is 0 Å². The zero-order valence-corrected chi connectivity index (χ0v) is 15.5. The minimum atomic E-state index is -0.323. The third-order valence-corrected chi connectivity index (χ3v) is 5.51. The van der Waals surface area contributed by atoms with E-state index < -0.39 is 0 Å². The molecule has 0 radical (unpaired) electrons. The summed E-state index contributed by atoms with van der Waals surface area (Å²) in [5.74, 6) is 0.530. The van der Waals surface area contributed by atoms with Crippen LogP contribution >= 0.6 is 12.4 Å². The molecule has 1 aromatic carbocycles. The summed E-state index contributed by atoms with van der Waals surface area (Å²) < 4.78 is 1.65. The number of halogens is 1. The summed E-state index contributed by atoms with van der Waals surface area (Å²) in [5, 5.41) is 4.38. The van der Waals surface area contributed by atoms with E-state index in [-0.39, 0.29) is 35.5 Å². The quantitative estimate of drug-likeness (QED) is 0.868. The Hall–Kier alpha value is -2.18. The summed E-state index contributed by atoms with van der Waals surface area (Å²) in [7, 11) is 0. The van der Waals surface area contributed by atoms with Crippen molar-refractivity contribution in [3.05, 3.63) is 58.0 Å². The number of nitrogens with two attached hydrogens (primary N) is 1. The van der Waals surface area contributed by atoms with Gasteiger partial charge in [0.1, 0.15) is 0 Å². The van der Waals surface area contributed by atoms with Gasteiger partial charge >= 0.3 is 0 Å². The number of carbonyl (C=O) groups excluding carboxylic acids is 1. The molecule has 2 N–H and O–H groups in total. The minimum absolute atomic E-state index is 0. The van der Waals surface area contributed by atoms with Gasteiger partial charge in [-0.15, -0.1) is 12.4 Å². The molecule has 3 unspecified atom stereocenters.